The Hall–Kier alpha value is -4.30. The largest absolute Gasteiger partial charge is 0.341 e. The fraction of sp³-hybridized carbons (Fsp3) is 0.118. The summed E-state index contributed by atoms with van der Waals surface area (Å²) in [6, 6.07) is 30.9. The molecule has 0 saturated heterocycles. The van der Waals surface area contributed by atoms with Crippen molar-refractivity contribution in [3.63, 3.8) is 0 Å². The molecule has 0 aliphatic rings. The van der Waals surface area contributed by atoms with Gasteiger partial charge in [-0.2, -0.15) is 0 Å². The Balaban J connectivity index is 0.00000130. The van der Waals surface area contributed by atoms with Crippen LogP contribution in [0.1, 0.15) is 20.8 Å². The predicted octanol–water partition coefficient (Wildman–Crippen LogP) is 9.83. The number of hydrogen-bond acceptors (Lipinski definition) is 0. The van der Waals surface area contributed by atoms with Gasteiger partial charge in [0.1, 0.15) is 0 Å². The van der Waals surface area contributed by atoms with Crippen LogP contribution < -0.4 is 0 Å². The van der Waals surface area contributed by atoms with Gasteiger partial charge in [0, 0.05) is 44.8 Å². The van der Waals surface area contributed by atoms with E-state index >= 15 is 0 Å². The zero-order valence-electron chi connectivity index (χ0n) is 21.3. The molecular weight excluding hydrogens is 436 g/mol. The summed E-state index contributed by atoms with van der Waals surface area (Å²) in [5, 5.41) is 5.10. The predicted molar refractivity (Wildman–Crippen MR) is 160 cm³/mol. The van der Waals surface area contributed by atoms with Crippen molar-refractivity contribution in [2.45, 2.75) is 27.3 Å². The number of benzene rings is 4. The highest BCUT2D eigenvalue weighted by Gasteiger charge is 2.14. The monoisotopic (exact) mass is 468 g/mol. The summed E-state index contributed by atoms with van der Waals surface area (Å²) in [6.45, 7) is 15.1. The molecule has 0 unspecified atom stereocenters. The van der Waals surface area contributed by atoms with Crippen LogP contribution in [0.5, 0.6) is 0 Å². The number of aromatic nitrogens is 2. The Labute approximate surface area is 213 Å². The van der Waals surface area contributed by atoms with Crippen molar-refractivity contribution in [2.75, 3.05) is 0 Å². The molecule has 0 fully saturated rings. The van der Waals surface area contributed by atoms with Crippen molar-refractivity contribution in [1.82, 2.24) is 9.13 Å². The number of para-hydroxylation sites is 2. The number of allylic oxidation sites excluding steroid dienone is 4. The van der Waals surface area contributed by atoms with Crippen molar-refractivity contribution in [3.8, 4) is 11.1 Å². The highest BCUT2D eigenvalue weighted by molar-refractivity contribution is 6.12. The summed E-state index contributed by atoms with van der Waals surface area (Å²) >= 11 is 0. The number of rotatable bonds is 5. The second kappa shape index (κ2) is 9.75. The molecule has 178 valence electrons. The van der Waals surface area contributed by atoms with Gasteiger partial charge >= 0.3 is 0 Å². The zero-order chi connectivity index (χ0) is 25.2. The molecule has 0 aliphatic heterocycles. The highest BCUT2D eigenvalue weighted by Crippen LogP contribution is 2.37. The Bertz CT molecular complexity index is 1770. The molecule has 0 spiro atoms. The van der Waals surface area contributed by atoms with Crippen LogP contribution in [0.3, 0.4) is 0 Å². The normalized spacial score (nSPS) is 11.7. The second-order valence-electron chi connectivity index (χ2n) is 8.61. The SMILES string of the molecule is C=C/C=C(\C=C)n1c2ccccc2c2cc(-c3ccc4c5ccccc5n(CC)c4c3)ccc21.CC. The first-order valence-corrected chi connectivity index (χ1v) is 12.7. The van der Waals surface area contributed by atoms with Crippen LogP contribution in [-0.2, 0) is 6.54 Å². The first-order chi connectivity index (χ1) is 17.7. The topological polar surface area (TPSA) is 9.86 Å². The molecule has 6 rings (SSSR count). The van der Waals surface area contributed by atoms with Crippen LogP contribution in [0.15, 0.2) is 116 Å². The molecule has 4 aromatic carbocycles. The van der Waals surface area contributed by atoms with Gasteiger partial charge in [0.15, 0.2) is 0 Å². The Morgan fingerprint density at radius 3 is 1.94 bits per heavy atom. The van der Waals surface area contributed by atoms with Gasteiger partial charge in [-0.25, -0.2) is 0 Å². The molecule has 2 heterocycles. The van der Waals surface area contributed by atoms with Crippen LogP contribution in [0, 0.1) is 0 Å². The van der Waals surface area contributed by atoms with Gasteiger partial charge in [-0.3, -0.25) is 0 Å². The van der Waals surface area contributed by atoms with E-state index in [0.717, 1.165) is 12.2 Å². The van der Waals surface area contributed by atoms with Gasteiger partial charge in [-0.1, -0.05) is 87.7 Å². The summed E-state index contributed by atoms with van der Waals surface area (Å²) in [5.74, 6) is 0. The van der Waals surface area contributed by atoms with E-state index in [2.05, 4.69) is 114 Å². The number of hydrogen-bond donors (Lipinski definition) is 0. The molecule has 2 aromatic heterocycles. The van der Waals surface area contributed by atoms with Crippen LogP contribution >= 0.6 is 0 Å². The third kappa shape index (κ3) is 3.58. The fourth-order valence-electron chi connectivity index (χ4n) is 5.35. The molecule has 6 aromatic rings. The van der Waals surface area contributed by atoms with E-state index in [9.17, 15) is 0 Å². The molecule has 0 radical (unpaired) electrons. The summed E-state index contributed by atoms with van der Waals surface area (Å²) in [5.41, 5.74) is 8.38. The number of aryl methyl sites for hydroxylation is 1. The summed E-state index contributed by atoms with van der Waals surface area (Å²) in [4.78, 5) is 0. The van der Waals surface area contributed by atoms with Gasteiger partial charge in [0.2, 0.25) is 0 Å². The number of fused-ring (bicyclic) bond motifs is 6. The molecule has 2 nitrogen and oxygen atoms in total. The zero-order valence-corrected chi connectivity index (χ0v) is 21.3. The molecule has 2 heteroatoms. The summed E-state index contributed by atoms with van der Waals surface area (Å²) in [6.07, 6.45) is 5.71. The van der Waals surface area contributed by atoms with Crippen LogP contribution in [0.2, 0.25) is 0 Å². The van der Waals surface area contributed by atoms with Crippen molar-refractivity contribution < 1.29 is 0 Å². The highest BCUT2D eigenvalue weighted by atomic mass is 15.0. The maximum atomic E-state index is 4.04. The maximum Gasteiger partial charge on any atom is 0.0541 e. The molecule has 0 atom stereocenters. The first-order valence-electron chi connectivity index (χ1n) is 12.7. The molecule has 0 bridgehead atoms. The van der Waals surface area contributed by atoms with E-state index in [0.29, 0.717) is 0 Å². The van der Waals surface area contributed by atoms with Crippen molar-refractivity contribution in [1.29, 1.82) is 0 Å². The third-order valence-electron chi connectivity index (χ3n) is 6.85. The third-order valence-corrected chi connectivity index (χ3v) is 6.85. The molecule has 36 heavy (non-hydrogen) atoms. The number of nitrogens with zero attached hydrogens (tertiary/aromatic N) is 2. The Morgan fingerprint density at radius 2 is 1.25 bits per heavy atom. The van der Waals surface area contributed by atoms with Crippen molar-refractivity contribution >= 4 is 49.3 Å². The molecule has 0 saturated carbocycles. The lowest BCUT2D eigenvalue weighted by atomic mass is 10.0. The average molecular weight is 469 g/mol. The lowest BCUT2D eigenvalue weighted by Crippen LogP contribution is -1.94. The van der Waals surface area contributed by atoms with E-state index in [1.165, 1.54) is 54.7 Å². The Kier molecular flexibility index (Phi) is 6.35. The second-order valence-corrected chi connectivity index (χ2v) is 8.61. The lowest BCUT2D eigenvalue weighted by molar-refractivity contribution is 0.827. The Morgan fingerprint density at radius 1 is 0.667 bits per heavy atom. The lowest BCUT2D eigenvalue weighted by Gasteiger charge is -2.09. The van der Waals surface area contributed by atoms with Gasteiger partial charge in [-0.15, -0.1) is 0 Å². The minimum Gasteiger partial charge on any atom is -0.341 e. The molecule has 0 N–H and O–H groups in total. The molecule has 0 aliphatic carbocycles. The summed E-state index contributed by atoms with van der Waals surface area (Å²) < 4.78 is 4.68. The van der Waals surface area contributed by atoms with Crippen LogP contribution in [-0.4, -0.2) is 9.13 Å². The first kappa shape index (κ1) is 23.4. The average Bonchev–Trinajstić information content (AvgIpc) is 3.44. The minimum absolute atomic E-state index is 0.944. The molecule has 0 amide bonds. The molecular formula is C34H32N2. The summed E-state index contributed by atoms with van der Waals surface area (Å²) in [7, 11) is 0. The van der Waals surface area contributed by atoms with E-state index in [-0.39, 0.29) is 0 Å². The quantitative estimate of drug-likeness (QED) is 0.223. The van der Waals surface area contributed by atoms with E-state index in [1.807, 2.05) is 32.1 Å². The van der Waals surface area contributed by atoms with Gasteiger partial charge < -0.3 is 9.13 Å². The maximum absolute atomic E-state index is 4.04. The minimum atomic E-state index is 0.944. The van der Waals surface area contributed by atoms with E-state index in [4.69, 9.17) is 0 Å². The van der Waals surface area contributed by atoms with E-state index in [1.54, 1.807) is 0 Å². The van der Waals surface area contributed by atoms with Crippen molar-refractivity contribution in [3.05, 3.63) is 116 Å². The van der Waals surface area contributed by atoms with E-state index < -0.39 is 0 Å². The van der Waals surface area contributed by atoms with Gasteiger partial charge in [0.25, 0.3) is 0 Å². The van der Waals surface area contributed by atoms with Crippen LogP contribution in [0.4, 0.5) is 0 Å². The van der Waals surface area contributed by atoms with Gasteiger partial charge in [0.05, 0.1) is 11.0 Å². The van der Waals surface area contributed by atoms with Gasteiger partial charge in [-0.05, 0) is 60.5 Å². The van der Waals surface area contributed by atoms with Crippen molar-refractivity contribution in [2.24, 2.45) is 0 Å². The smallest absolute Gasteiger partial charge is 0.0541 e. The fourth-order valence-corrected chi connectivity index (χ4v) is 5.35. The standard InChI is InChI=1S/C32H26N2.C2H6/c1-4-11-24(5-2)34-30-15-10-8-13-26(30)28-20-22(17-19-31(28)34)23-16-18-27-25-12-7-9-14-29(25)33(6-3)32(27)21-23;1-2/h4-5,7-21H,1-2,6H2,3H3;1-2H3/b24-11+;. The van der Waals surface area contributed by atoms with Crippen LogP contribution in [0.25, 0.3) is 60.4 Å².